The Hall–Kier alpha value is -3.00. The number of hydrogen-bond donors (Lipinski definition) is 1. The predicted molar refractivity (Wildman–Crippen MR) is 134 cm³/mol. The molecule has 4 aromatic rings. The Morgan fingerprint density at radius 1 is 0.939 bits per heavy atom. The number of halogens is 2. The molecule has 0 aliphatic heterocycles. The quantitative estimate of drug-likeness (QED) is 0.165. The molecule has 168 valence electrons. The van der Waals surface area contributed by atoms with Crippen LogP contribution in [0.3, 0.4) is 0 Å². The van der Waals surface area contributed by atoms with E-state index in [9.17, 15) is 4.79 Å². The van der Waals surface area contributed by atoms with E-state index in [0.717, 1.165) is 16.6 Å². The van der Waals surface area contributed by atoms with Crippen molar-refractivity contribution in [3.8, 4) is 11.5 Å². The van der Waals surface area contributed by atoms with Crippen LogP contribution in [0.15, 0.2) is 65.8 Å². The molecule has 1 heterocycles. The standard InChI is InChI=1S/C24H19Cl2N3O3S/c1-31-16-10-15(11-17(12-16)32-2)27-23-18-5-3-4-6-21(18)28-24(29-23)33-13-22(30)14-7-8-19(25)20(26)9-14/h3-12H,13H2,1-2H3,(H,27,28,29). The average Bonchev–Trinajstić information content (AvgIpc) is 2.84. The van der Waals surface area contributed by atoms with Crippen LogP contribution < -0.4 is 14.8 Å². The molecule has 0 spiro atoms. The highest BCUT2D eigenvalue weighted by molar-refractivity contribution is 7.99. The molecular weight excluding hydrogens is 481 g/mol. The lowest BCUT2D eigenvalue weighted by Gasteiger charge is -2.13. The predicted octanol–water partition coefficient (Wildman–Crippen LogP) is 6.67. The van der Waals surface area contributed by atoms with Gasteiger partial charge in [-0.3, -0.25) is 4.79 Å². The summed E-state index contributed by atoms with van der Waals surface area (Å²) < 4.78 is 10.7. The van der Waals surface area contributed by atoms with Gasteiger partial charge in [-0.05, 0) is 30.3 Å². The van der Waals surface area contributed by atoms with Gasteiger partial charge in [-0.25, -0.2) is 9.97 Å². The van der Waals surface area contributed by atoms with Gasteiger partial charge < -0.3 is 14.8 Å². The number of hydrogen-bond acceptors (Lipinski definition) is 7. The van der Waals surface area contributed by atoms with Crippen LogP contribution in [0.25, 0.3) is 10.9 Å². The maximum absolute atomic E-state index is 12.6. The third-order valence-corrected chi connectivity index (χ3v) is 6.36. The number of aromatic nitrogens is 2. The highest BCUT2D eigenvalue weighted by Crippen LogP contribution is 2.31. The highest BCUT2D eigenvalue weighted by atomic mass is 35.5. The van der Waals surface area contributed by atoms with Crippen LogP contribution in [0.5, 0.6) is 11.5 Å². The zero-order chi connectivity index (χ0) is 23.4. The number of nitrogens with one attached hydrogen (secondary N) is 1. The summed E-state index contributed by atoms with van der Waals surface area (Å²) in [4.78, 5) is 21.9. The molecule has 0 saturated heterocycles. The first-order valence-electron chi connectivity index (χ1n) is 9.85. The lowest BCUT2D eigenvalue weighted by molar-refractivity contribution is 0.102. The molecule has 4 rings (SSSR count). The van der Waals surface area contributed by atoms with Gasteiger partial charge in [-0.1, -0.05) is 47.1 Å². The van der Waals surface area contributed by atoms with Crippen molar-refractivity contribution in [2.45, 2.75) is 5.16 Å². The van der Waals surface area contributed by atoms with E-state index >= 15 is 0 Å². The number of Topliss-reactive ketones (excluding diaryl/α,β-unsaturated/α-hetero) is 1. The zero-order valence-electron chi connectivity index (χ0n) is 17.8. The number of ether oxygens (including phenoxy) is 2. The smallest absolute Gasteiger partial charge is 0.190 e. The Morgan fingerprint density at radius 3 is 2.36 bits per heavy atom. The number of carbonyl (C=O) groups excluding carboxylic acids is 1. The van der Waals surface area contributed by atoms with Crippen LogP contribution in [-0.2, 0) is 0 Å². The number of rotatable bonds is 8. The first-order valence-corrected chi connectivity index (χ1v) is 11.6. The molecule has 0 bridgehead atoms. The van der Waals surface area contributed by atoms with Gasteiger partial charge >= 0.3 is 0 Å². The Labute approximate surface area is 205 Å². The van der Waals surface area contributed by atoms with Gasteiger partial charge in [0.1, 0.15) is 17.3 Å². The largest absolute Gasteiger partial charge is 0.497 e. The summed E-state index contributed by atoms with van der Waals surface area (Å²) in [6.45, 7) is 0. The van der Waals surface area contributed by atoms with Crippen LogP contribution in [0.1, 0.15) is 10.4 Å². The number of methoxy groups -OCH3 is 2. The maximum atomic E-state index is 12.6. The number of anilines is 2. The lowest BCUT2D eigenvalue weighted by Crippen LogP contribution is -2.04. The van der Waals surface area contributed by atoms with Crippen molar-refractivity contribution in [1.82, 2.24) is 9.97 Å². The first kappa shape index (κ1) is 23.2. The summed E-state index contributed by atoms with van der Waals surface area (Å²) >= 11 is 13.2. The molecule has 0 saturated carbocycles. The zero-order valence-corrected chi connectivity index (χ0v) is 20.1. The molecule has 0 atom stereocenters. The molecule has 0 aliphatic rings. The fraction of sp³-hybridized carbons (Fsp3) is 0.125. The van der Waals surface area contributed by atoms with Crippen molar-refractivity contribution in [3.63, 3.8) is 0 Å². The Kier molecular flexibility index (Phi) is 7.23. The van der Waals surface area contributed by atoms with Crippen molar-refractivity contribution < 1.29 is 14.3 Å². The van der Waals surface area contributed by atoms with Gasteiger partial charge in [0.2, 0.25) is 0 Å². The fourth-order valence-electron chi connectivity index (χ4n) is 3.11. The number of benzene rings is 3. The molecule has 3 aromatic carbocycles. The Morgan fingerprint density at radius 2 is 1.67 bits per heavy atom. The minimum Gasteiger partial charge on any atom is -0.497 e. The summed E-state index contributed by atoms with van der Waals surface area (Å²) in [5.41, 5.74) is 1.99. The molecule has 0 unspecified atom stereocenters. The van der Waals surface area contributed by atoms with Gasteiger partial charge in [-0.2, -0.15) is 0 Å². The fourth-order valence-corrected chi connectivity index (χ4v) is 4.16. The first-order chi connectivity index (χ1) is 16.0. The van der Waals surface area contributed by atoms with Crippen molar-refractivity contribution in [3.05, 3.63) is 76.3 Å². The van der Waals surface area contributed by atoms with E-state index in [4.69, 9.17) is 32.7 Å². The number of thioether (sulfide) groups is 1. The lowest BCUT2D eigenvalue weighted by atomic mass is 10.1. The van der Waals surface area contributed by atoms with E-state index in [1.165, 1.54) is 11.8 Å². The van der Waals surface area contributed by atoms with Crippen LogP contribution in [-0.4, -0.2) is 35.7 Å². The number of carbonyl (C=O) groups is 1. The second-order valence-electron chi connectivity index (χ2n) is 6.94. The number of para-hydroxylation sites is 1. The van der Waals surface area contributed by atoms with Gasteiger partial charge in [0, 0.05) is 34.8 Å². The van der Waals surface area contributed by atoms with Gasteiger partial charge in [0.25, 0.3) is 0 Å². The van der Waals surface area contributed by atoms with Crippen LogP contribution in [0, 0.1) is 0 Å². The van der Waals surface area contributed by atoms with E-state index in [-0.39, 0.29) is 11.5 Å². The van der Waals surface area contributed by atoms with E-state index < -0.39 is 0 Å². The summed E-state index contributed by atoms with van der Waals surface area (Å²) in [6.07, 6.45) is 0. The molecule has 6 nitrogen and oxygen atoms in total. The average molecular weight is 500 g/mol. The molecular formula is C24H19Cl2N3O3S. The minimum atomic E-state index is -0.0950. The molecule has 0 fully saturated rings. The molecule has 1 N–H and O–H groups in total. The second-order valence-corrected chi connectivity index (χ2v) is 8.70. The summed E-state index contributed by atoms with van der Waals surface area (Å²) in [6, 6.07) is 18.0. The van der Waals surface area contributed by atoms with Crippen LogP contribution in [0.2, 0.25) is 10.0 Å². The van der Waals surface area contributed by atoms with Crippen molar-refractivity contribution >= 4 is 63.2 Å². The van der Waals surface area contributed by atoms with Crippen molar-refractivity contribution in [2.24, 2.45) is 0 Å². The van der Waals surface area contributed by atoms with Crippen LogP contribution in [0.4, 0.5) is 11.5 Å². The molecule has 1 aromatic heterocycles. The molecule has 33 heavy (non-hydrogen) atoms. The normalized spacial score (nSPS) is 10.8. The van der Waals surface area contributed by atoms with E-state index in [1.54, 1.807) is 38.5 Å². The van der Waals surface area contributed by atoms with Gasteiger partial charge in [0.05, 0.1) is 35.5 Å². The van der Waals surface area contributed by atoms with E-state index in [1.807, 2.05) is 36.4 Å². The van der Waals surface area contributed by atoms with Crippen molar-refractivity contribution in [1.29, 1.82) is 0 Å². The SMILES string of the molecule is COc1cc(Nc2nc(SCC(=O)c3ccc(Cl)c(Cl)c3)nc3ccccc23)cc(OC)c1. The minimum absolute atomic E-state index is 0.0950. The van der Waals surface area contributed by atoms with Gasteiger partial charge in [-0.15, -0.1) is 0 Å². The van der Waals surface area contributed by atoms with Crippen molar-refractivity contribution in [2.75, 3.05) is 25.3 Å². The summed E-state index contributed by atoms with van der Waals surface area (Å²) in [7, 11) is 3.19. The third kappa shape index (κ3) is 5.50. The van der Waals surface area contributed by atoms with E-state index in [2.05, 4.69) is 15.3 Å². The molecule has 0 aliphatic carbocycles. The number of fused-ring (bicyclic) bond motifs is 1. The monoisotopic (exact) mass is 499 g/mol. The number of ketones is 1. The third-order valence-electron chi connectivity index (χ3n) is 4.77. The summed E-state index contributed by atoms with van der Waals surface area (Å²) in [5, 5.41) is 5.40. The van der Waals surface area contributed by atoms with E-state index in [0.29, 0.717) is 38.1 Å². The molecule has 9 heteroatoms. The summed E-state index contributed by atoms with van der Waals surface area (Å²) in [5.74, 6) is 1.97. The topological polar surface area (TPSA) is 73.3 Å². The van der Waals surface area contributed by atoms with Crippen LogP contribution >= 0.6 is 35.0 Å². The van der Waals surface area contributed by atoms with Gasteiger partial charge in [0.15, 0.2) is 10.9 Å². The Balaban J connectivity index is 1.61. The maximum Gasteiger partial charge on any atom is 0.190 e. The highest BCUT2D eigenvalue weighted by Gasteiger charge is 2.13. The molecule has 0 amide bonds. The Bertz CT molecular complexity index is 1310. The second kappa shape index (κ2) is 10.3. The number of nitrogens with zero attached hydrogens (tertiary/aromatic N) is 2. The molecule has 0 radical (unpaired) electrons.